The number of benzene rings is 1. The highest BCUT2D eigenvalue weighted by molar-refractivity contribution is 6.03. The maximum absolute atomic E-state index is 16.2. The number of hydrogen-bond acceptors (Lipinski definition) is 10. The maximum Gasteiger partial charge on any atom is 0.258 e. The lowest BCUT2D eigenvalue weighted by molar-refractivity contribution is -0.125. The summed E-state index contributed by atoms with van der Waals surface area (Å²) >= 11 is 0. The lowest BCUT2D eigenvalue weighted by Gasteiger charge is -2.22. The van der Waals surface area contributed by atoms with E-state index in [-0.39, 0.29) is 38.8 Å². The van der Waals surface area contributed by atoms with E-state index < -0.39 is 81.9 Å². The first-order chi connectivity index (χ1) is 31.6. The van der Waals surface area contributed by atoms with Crippen molar-refractivity contribution in [3.8, 4) is 0 Å². The van der Waals surface area contributed by atoms with Crippen LogP contribution in [0.1, 0.15) is 127 Å². The molecule has 0 radical (unpaired) electrons. The molecule has 20 heteroatoms. The first-order valence-electron chi connectivity index (χ1n) is 24.0. The molecule has 6 N–H and O–H groups in total. The van der Waals surface area contributed by atoms with Crippen LogP contribution in [0.25, 0.3) is 0 Å². The molecule has 1 rings (SSSR count). The Morgan fingerprint density at radius 2 is 0.682 bits per heavy atom. The molecule has 378 valence electrons. The first-order valence-corrected chi connectivity index (χ1v) is 24.0. The second kappa shape index (κ2) is 34.0. The Morgan fingerprint density at radius 1 is 0.409 bits per heavy atom. The predicted molar refractivity (Wildman–Crippen MR) is 249 cm³/mol. The summed E-state index contributed by atoms with van der Waals surface area (Å²) in [5.74, 6) is -14.8. The molecule has 6 amide bonds. The molecule has 0 aliphatic rings. The van der Waals surface area contributed by atoms with Crippen molar-refractivity contribution in [1.82, 2.24) is 51.5 Å². The highest BCUT2D eigenvalue weighted by Crippen LogP contribution is 2.25. The number of nitrogens with zero attached hydrogens (tertiary/aromatic N) is 4. The molecule has 0 aliphatic carbocycles. The van der Waals surface area contributed by atoms with Crippen molar-refractivity contribution in [3.63, 3.8) is 0 Å². The van der Waals surface area contributed by atoms with Crippen LogP contribution in [0.4, 0.5) is 17.6 Å². The average molecular weight is 945 g/mol. The lowest BCUT2D eigenvalue weighted by atomic mass is 10.0. The maximum atomic E-state index is 16.2. The van der Waals surface area contributed by atoms with Crippen LogP contribution in [-0.2, 0) is 19.2 Å². The number of rotatable bonds is 36. The Hall–Kier alpha value is -4.40. The van der Waals surface area contributed by atoms with Crippen LogP contribution >= 0.6 is 0 Å². The fourth-order valence-corrected chi connectivity index (χ4v) is 7.25. The fraction of sp³-hybridized carbons (Fsp3) is 0.739. The van der Waals surface area contributed by atoms with Crippen molar-refractivity contribution in [2.24, 2.45) is 0 Å². The van der Waals surface area contributed by atoms with Crippen LogP contribution in [0, 0.1) is 23.3 Å². The van der Waals surface area contributed by atoms with Gasteiger partial charge in [-0.15, -0.1) is 0 Å². The number of amides is 6. The van der Waals surface area contributed by atoms with E-state index in [4.69, 9.17) is 0 Å². The zero-order valence-electron chi connectivity index (χ0n) is 40.9. The highest BCUT2D eigenvalue weighted by Gasteiger charge is 2.35. The molecular formula is C46H80F4N10O6. The third-order valence-electron chi connectivity index (χ3n) is 11.7. The molecule has 1 aromatic carbocycles. The minimum Gasteiger partial charge on any atom is -0.356 e. The molecule has 66 heavy (non-hydrogen) atoms. The molecule has 1 aromatic rings. The van der Waals surface area contributed by atoms with E-state index in [9.17, 15) is 28.8 Å². The van der Waals surface area contributed by atoms with Gasteiger partial charge in [-0.25, -0.2) is 17.6 Å². The fourth-order valence-electron chi connectivity index (χ4n) is 7.25. The minimum absolute atomic E-state index is 0.153. The second-order valence-electron chi connectivity index (χ2n) is 15.9. The number of halogens is 4. The lowest BCUT2D eigenvalue weighted by Crippen LogP contribution is -2.49. The quantitative estimate of drug-likeness (QED) is 0.0252. The van der Waals surface area contributed by atoms with Crippen molar-refractivity contribution in [1.29, 1.82) is 0 Å². The molecule has 0 spiro atoms. The SMILES string of the molecule is CCN(CC)CCCNC(=O)CCC(NC(=O)c1c(F)c(F)c(F)c(C(=O)NC(CCC(=O)NCCCN(CC)CC)C(=O)NCCCN(CC)CC)c1F)C(=O)NCCCN(CC)CC. The van der Waals surface area contributed by atoms with Crippen LogP contribution in [0.3, 0.4) is 0 Å². The normalized spacial score (nSPS) is 12.4. The second-order valence-corrected chi connectivity index (χ2v) is 15.9. The van der Waals surface area contributed by atoms with E-state index in [1.54, 1.807) is 0 Å². The molecule has 16 nitrogen and oxygen atoms in total. The zero-order chi connectivity index (χ0) is 49.6. The summed E-state index contributed by atoms with van der Waals surface area (Å²) in [5.41, 5.74) is -3.39. The van der Waals surface area contributed by atoms with E-state index >= 15 is 17.6 Å². The van der Waals surface area contributed by atoms with Crippen LogP contribution in [0.2, 0.25) is 0 Å². The Labute approximate surface area is 390 Å². The van der Waals surface area contributed by atoms with Crippen molar-refractivity contribution < 1.29 is 46.3 Å². The first kappa shape index (κ1) is 59.6. The monoisotopic (exact) mass is 945 g/mol. The summed E-state index contributed by atoms with van der Waals surface area (Å²) in [6.07, 6.45) is 1.11. The van der Waals surface area contributed by atoms with Gasteiger partial charge in [-0.1, -0.05) is 55.4 Å². The van der Waals surface area contributed by atoms with Gasteiger partial charge in [-0.05, 0) is 117 Å². The van der Waals surface area contributed by atoms with Crippen LogP contribution in [0.15, 0.2) is 0 Å². The van der Waals surface area contributed by atoms with Crippen molar-refractivity contribution in [2.75, 3.05) is 105 Å². The number of hydrogen-bond donors (Lipinski definition) is 6. The van der Waals surface area contributed by atoms with Gasteiger partial charge in [-0.3, -0.25) is 28.8 Å². The molecular weight excluding hydrogens is 865 g/mol. The molecule has 0 heterocycles. The number of carbonyl (C=O) groups excluding carboxylic acids is 6. The van der Waals surface area contributed by atoms with Crippen LogP contribution in [0.5, 0.6) is 0 Å². The van der Waals surface area contributed by atoms with E-state index in [0.717, 1.165) is 65.4 Å². The van der Waals surface area contributed by atoms with Gasteiger partial charge in [0.05, 0.1) is 0 Å². The van der Waals surface area contributed by atoms with Gasteiger partial charge < -0.3 is 51.5 Å². The molecule has 0 fully saturated rings. The Morgan fingerprint density at radius 3 is 0.955 bits per heavy atom. The molecule has 0 saturated carbocycles. The van der Waals surface area contributed by atoms with E-state index in [0.29, 0.717) is 51.9 Å². The van der Waals surface area contributed by atoms with Crippen LogP contribution in [-0.4, -0.2) is 172 Å². The Balaban J connectivity index is 3.39. The standard InChI is InChI=1S/C46H80F4N10O6/c1-9-57(10-2)29-17-25-51-35(61)23-21-33(43(63)53-27-19-31-59(13-5)14-6)55-45(65)37-39(47)38(41(49)42(50)40(37)48)46(66)56-34(44(64)54-28-20-32-60(15-7)16-8)22-24-36(62)52-26-18-30-58(11-3)12-4/h33-34H,9-32H2,1-8H3,(H,51,61)(H,52,62)(H,53,63)(H,54,64)(H,55,65)(H,56,66). The van der Waals surface area contributed by atoms with Gasteiger partial charge in [0.25, 0.3) is 11.8 Å². The number of nitrogens with one attached hydrogen (secondary N) is 6. The molecule has 0 saturated heterocycles. The predicted octanol–water partition coefficient (Wildman–Crippen LogP) is 3.39. The average Bonchev–Trinajstić information content (AvgIpc) is 3.30. The van der Waals surface area contributed by atoms with Gasteiger partial charge in [0.1, 0.15) is 23.2 Å². The van der Waals surface area contributed by atoms with Crippen molar-refractivity contribution >= 4 is 35.4 Å². The largest absolute Gasteiger partial charge is 0.356 e. The van der Waals surface area contributed by atoms with Gasteiger partial charge in [-0.2, -0.15) is 0 Å². The van der Waals surface area contributed by atoms with Gasteiger partial charge in [0.15, 0.2) is 23.3 Å². The van der Waals surface area contributed by atoms with Gasteiger partial charge >= 0.3 is 0 Å². The summed E-state index contributed by atoms with van der Waals surface area (Å²) in [6, 6.07) is -3.12. The highest BCUT2D eigenvalue weighted by atomic mass is 19.2. The molecule has 2 unspecified atom stereocenters. The smallest absolute Gasteiger partial charge is 0.258 e. The zero-order valence-corrected chi connectivity index (χ0v) is 40.9. The molecule has 0 bridgehead atoms. The Kier molecular flexibility index (Phi) is 30.7. The van der Waals surface area contributed by atoms with Crippen molar-refractivity contribution in [2.45, 2.75) is 119 Å². The number of carbonyl (C=O) groups is 6. The third kappa shape index (κ3) is 21.5. The molecule has 0 aromatic heterocycles. The van der Waals surface area contributed by atoms with E-state index in [1.807, 2.05) is 55.4 Å². The van der Waals surface area contributed by atoms with Gasteiger partial charge in [0, 0.05) is 39.0 Å². The van der Waals surface area contributed by atoms with Crippen molar-refractivity contribution in [3.05, 3.63) is 34.4 Å². The topological polar surface area (TPSA) is 188 Å². The molecule has 0 aliphatic heterocycles. The molecule has 2 atom stereocenters. The van der Waals surface area contributed by atoms with E-state index in [2.05, 4.69) is 51.5 Å². The summed E-state index contributed by atoms with van der Waals surface area (Å²) in [7, 11) is 0. The minimum atomic E-state index is -2.35. The summed E-state index contributed by atoms with van der Waals surface area (Å²) < 4.78 is 62.3. The Bertz CT molecular complexity index is 1530. The van der Waals surface area contributed by atoms with Crippen LogP contribution < -0.4 is 31.9 Å². The van der Waals surface area contributed by atoms with Gasteiger partial charge in [0.2, 0.25) is 23.6 Å². The third-order valence-corrected chi connectivity index (χ3v) is 11.7. The van der Waals surface area contributed by atoms with E-state index in [1.165, 1.54) is 0 Å². The summed E-state index contributed by atoms with van der Waals surface area (Å²) in [4.78, 5) is 88.2. The summed E-state index contributed by atoms with van der Waals surface area (Å²) in [6.45, 7) is 26.2. The summed E-state index contributed by atoms with van der Waals surface area (Å²) in [5, 5.41) is 15.1.